The second-order valence-corrected chi connectivity index (χ2v) is 3.77. The van der Waals surface area contributed by atoms with Gasteiger partial charge < -0.3 is 10.2 Å². The molecule has 1 rings (SSSR count). The highest BCUT2D eigenvalue weighted by molar-refractivity contribution is 5.35. The lowest BCUT2D eigenvalue weighted by atomic mass is 9.87. The Balaban J connectivity index is 3.11. The Hall–Kier alpha value is -1.51. The summed E-state index contributed by atoms with van der Waals surface area (Å²) in [7, 11) is 0. The molecule has 0 aliphatic rings. The van der Waals surface area contributed by atoms with Gasteiger partial charge in [0.05, 0.1) is 18.3 Å². The molecule has 0 saturated heterocycles. The molecule has 0 aliphatic heterocycles. The van der Waals surface area contributed by atoms with Gasteiger partial charge in [-0.1, -0.05) is 0 Å². The third-order valence-corrected chi connectivity index (χ3v) is 2.68. The lowest BCUT2D eigenvalue weighted by molar-refractivity contribution is 0.121. The minimum atomic E-state index is -0.833. The molecule has 0 saturated carbocycles. The molecule has 0 bridgehead atoms. The molecule has 1 unspecified atom stereocenters. The molecule has 92 valence electrons. The number of nitrogens with zero attached hydrogens (tertiary/aromatic N) is 1. The molecule has 1 aromatic rings. The van der Waals surface area contributed by atoms with Gasteiger partial charge in [-0.15, -0.1) is 0 Å². The average molecular weight is 241 g/mol. The number of aliphatic hydroxyl groups excluding tert-OH is 2. The molecule has 0 aromatic heterocycles. The first kappa shape index (κ1) is 13.6. The third kappa shape index (κ3) is 3.22. The van der Waals surface area contributed by atoms with Crippen LogP contribution in [0.15, 0.2) is 18.2 Å². The Morgan fingerprint density at radius 2 is 1.88 bits per heavy atom. The summed E-state index contributed by atoms with van der Waals surface area (Å²) in [5.74, 6) is -2.15. The zero-order valence-corrected chi connectivity index (χ0v) is 9.11. The molecule has 3 nitrogen and oxygen atoms in total. The number of hydrogen-bond donors (Lipinski definition) is 2. The normalized spacial score (nSPS) is 12.5. The van der Waals surface area contributed by atoms with E-state index in [1.54, 1.807) is 6.07 Å². The van der Waals surface area contributed by atoms with Crippen LogP contribution >= 0.6 is 0 Å². The van der Waals surface area contributed by atoms with Crippen molar-refractivity contribution in [3.8, 4) is 6.07 Å². The van der Waals surface area contributed by atoms with E-state index in [1.165, 1.54) is 6.07 Å². The summed E-state index contributed by atoms with van der Waals surface area (Å²) in [6, 6.07) is 5.30. The molecular formula is C12H13F2NO2. The quantitative estimate of drug-likeness (QED) is 0.817. The topological polar surface area (TPSA) is 64.2 Å². The smallest absolute Gasteiger partial charge is 0.124 e. The summed E-state index contributed by atoms with van der Waals surface area (Å²) in [5, 5.41) is 26.7. The standard InChI is InChI=1S/C12H13F2NO2/c13-4-12(10(6-16)7-17)9-1-8(5-15)2-11(14)3-9/h1-3,10,12,16-17H,4,6-7H2. The van der Waals surface area contributed by atoms with E-state index in [0.717, 1.165) is 12.1 Å². The monoisotopic (exact) mass is 241 g/mol. The maximum absolute atomic E-state index is 13.2. The summed E-state index contributed by atoms with van der Waals surface area (Å²) in [6.07, 6.45) is 0. The van der Waals surface area contributed by atoms with Gasteiger partial charge in [0.25, 0.3) is 0 Å². The number of aliphatic hydroxyl groups is 2. The SMILES string of the molecule is N#Cc1cc(F)cc(C(CF)C(CO)CO)c1. The van der Waals surface area contributed by atoms with Crippen LogP contribution in [-0.2, 0) is 0 Å². The molecule has 2 N–H and O–H groups in total. The minimum absolute atomic E-state index is 0.0908. The molecule has 17 heavy (non-hydrogen) atoms. The Morgan fingerprint density at radius 1 is 1.24 bits per heavy atom. The number of alkyl halides is 1. The fourth-order valence-corrected chi connectivity index (χ4v) is 1.69. The predicted octanol–water partition coefficient (Wildman–Crippen LogP) is 1.35. The van der Waals surface area contributed by atoms with Crippen molar-refractivity contribution in [2.24, 2.45) is 5.92 Å². The van der Waals surface area contributed by atoms with Crippen LogP contribution in [0.25, 0.3) is 0 Å². The highest BCUT2D eigenvalue weighted by atomic mass is 19.1. The van der Waals surface area contributed by atoms with Gasteiger partial charge in [0, 0.05) is 25.0 Å². The minimum Gasteiger partial charge on any atom is -0.396 e. The Kier molecular flexibility index (Phi) is 5.01. The number of hydrogen-bond acceptors (Lipinski definition) is 3. The molecule has 0 radical (unpaired) electrons. The third-order valence-electron chi connectivity index (χ3n) is 2.68. The molecule has 0 aliphatic carbocycles. The number of rotatable bonds is 5. The van der Waals surface area contributed by atoms with E-state index in [-0.39, 0.29) is 11.1 Å². The number of nitriles is 1. The second-order valence-electron chi connectivity index (χ2n) is 3.77. The zero-order chi connectivity index (χ0) is 12.8. The van der Waals surface area contributed by atoms with Crippen LogP contribution in [0.3, 0.4) is 0 Å². The van der Waals surface area contributed by atoms with Gasteiger partial charge >= 0.3 is 0 Å². The van der Waals surface area contributed by atoms with Crippen LogP contribution < -0.4 is 0 Å². The molecule has 5 heteroatoms. The summed E-state index contributed by atoms with van der Waals surface area (Å²) in [5.41, 5.74) is 0.366. The van der Waals surface area contributed by atoms with Gasteiger partial charge in [-0.3, -0.25) is 4.39 Å². The second kappa shape index (κ2) is 6.28. The Bertz CT molecular complexity index is 413. The van der Waals surface area contributed by atoms with Crippen molar-refractivity contribution in [3.05, 3.63) is 35.1 Å². The fourth-order valence-electron chi connectivity index (χ4n) is 1.69. The maximum Gasteiger partial charge on any atom is 0.124 e. The maximum atomic E-state index is 13.2. The largest absolute Gasteiger partial charge is 0.396 e. The van der Waals surface area contributed by atoms with Gasteiger partial charge in [-0.2, -0.15) is 5.26 Å². The van der Waals surface area contributed by atoms with Crippen molar-refractivity contribution >= 4 is 0 Å². The van der Waals surface area contributed by atoms with Crippen molar-refractivity contribution in [1.82, 2.24) is 0 Å². The van der Waals surface area contributed by atoms with E-state index < -0.39 is 37.5 Å². The summed E-state index contributed by atoms with van der Waals surface area (Å²) in [6.45, 7) is -1.63. The van der Waals surface area contributed by atoms with Gasteiger partial charge in [0.2, 0.25) is 0 Å². The fraction of sp³-hybridized carbons (Fsp3) is 0.417. The van der Waals surface area contributed by atoms with E-state index >= 15 is 0 Å². The predicted molar refractivity (Wildman–Crippen MR) is 57.5 cm³/mol. The van der Waals surface area contributed by atoms with Crippen molar-refractivity contribution in [3.63, 3.8) is 0 Å². The van der Waals surface area contributed by atoms with Gasteiger partial charge in [-0.25, -0.2) is 4.39 Å². The van der Waals surface area contributed by atoms with E-state index in [2.05, 4.69) is 0 Å². The summed E-state index contributed by atoms with van der Waals surface area (Å²) >= 11 is 0. The first-order valence-corrected chi connectivity index (χ1v) is 5.14. The van der Waals surface area contributed by atoms with E-state index in [0.29, 0.717) is 0 Å². The lowest BCUT2D eigenvalue weighted by Gasteiger charge is -2.21. The van der Waals surface area contributed by atoms with Crippen LogP contribution in [-0.4, -0.2) is 30.1 Å². The number of halogens is 2. The van der Waals surface area contributed by atoms with Crippen molar-refractivity contribution < 1.29 is 19.0 Å². The van der Waals surface area contributed by atoms with Crippen molar-refractivity contribution in [1.29, 1.82) is 5.26 Å². The molecule has 1 aromatic carbocycles. The van der Waals surface area contributed by atoms with Crippen LogP contribution in [0, 0.1) is 23.1 Å². The van der Waals surface area contributed by atoms with E-state index in [1.807, 2.05) is 0 Å². The molecule has 0 amide bonds. The highest BCUT2D eigenvalue weighted by Crippen LogP contribution is 2.26. The zero-order valence-electron chi connectivity index (χ0n) is 9.11. The van der Waals surface area contributed by atoms with Crippen LogP contribution in [0.2, 0.25) is 0 Å². The number of benzene rings is 1. The average Bonchev–Trinajstić information content (AvgIpc) is 2.34. The van der Waals surface area contributed by atoms with Gasteiger partial charge in [0.15, 0.2) is 0 Å². The van der Waals surface area contributed by atoms with Crippen molar-refractivity contribution in [2.45, 2.75) is 5.92 Å². The van der Waals surface area contributed by atoms with E-state index in [9.17, 15) is 8.78 Å². The lowest BCUT2D eigenvalue weighted by Crippen LogP contribution is -2.22. The van der Waals surface area contributed by atoms with Gasteiger partial charge in [-0.05, 0) is 23.8 Å². The van der Waals surface area contributed by atoms with Gasteiger partial charge in [0.1, 0.15) is 5.82 Å². The summed E-state index contributed by atoms with van der Waals surface area (Å²) < 4.78 is 26.1. The van der Waals surface area contributed by atoms with Crippen LogP contribution in [0.1, 0.15) is 17.0 Å². The van der Waals surface area contributed by atoms with E-state index in [4.69, 9.17) is 15.5 Å². The Labute approximate surface area is 97.9 Å². The highest BCUT2D eigenvalue weighted by Gasteiger charge is 2.23. The first-order valence-electron chi connectivity index (χ1n) is 5.14. The Morgan fingerprint density at radius 3 is 2.35 bits per heavy atom. The summed E-state index contributed by atoms with van der Waals surface area (Å²) in [4.78, 5) is 0. The molecule has 0 spiro atoms. The molecule has 1 atom stereocenters. The first-order chi connectivity index (χ1) is 8.15. The molecular weight excluding hydrogens is 228 g/mol. The van der Waals surface area contributed by atoms with Crippen LogP contribution in [0.4, 0.5) is 8.78 Å². The molecule has 0 heterocycles. The van der Waals surface area contributed by atoms with Crippen molar-refractivity contribution in [2.75, 3.05) is 19.9 Å². The van der Waals surface area contributed by atoms with Crippen LogP contribution in [0.5, 0.6) is 0 Å². The molecule has 0 fully saturated rings.